The van der Waals surface area contributed by atoms with Gasteiger partial charge in [-0.2, -0.15) is 5.26 Å². The number of hydrogen-bond donors (Lipinski definition) is 0. The first kappa shape index (κ1) is 14.4. The van der Waals surface area contributed by atoms with E-state index in [1.54, 1.807) is 30.3 Å². The Morgan fingerprint density at radius 3 is 2.90 bits per heavy atom. The van der Waals surface area contributed by atoms with Gasteiger partial charge in [0.15, 0.2) is 5.57 Å². The van der Waals surface area contributed by atoms with Crippen LogP contribution in [-0.2, 0) is 14.3 Å². The topological polar surface area (TPSA) is 70.4 Å². The van der Waals surface area contributed by atoms with Crippen LogP contribution in [0.25, 0.3) is 0 Å². The molecule has 1 saturated heterocycles. The molecule has 1 fully saturated rings. The Balaban J connectivity index is 2.54. The van der Waals surface area contributed by atoms with Crippen molar-refractivity contribution in [1.82, 2.24) is 0 Å². The van der Waals surface area contributed by atoms with Crippen LogP contribution in [0.15, 0.2) is 34.9 Å². The molecule has 0 radical (unpaired) electrons. The van der Waals surface area contributed by atoms with Crippen molar-refractivity contribution in [3.05, 3.63) is 39.9 Å². The molecule has 0 spiro atoms. The molecule has 0 saturated carbocycles. The highest BCUT2D eigenvalue weighted by Crippen LogP contribution is 2.36. The molecule has 0 N–H and O–H groups in total. The number of ether oxygens (including phenoxy) is 1. The number of rotatable bonds is 2. The predicted octanol–water partition coefficient (Wildman–Crippen LogP) is 2.33. The van der Waals surface area contributed by atoms with Crippen LogP contribution in [0.4, 0.5) is 5.69 Å². The van der Waals surface area contributed by atoms with Gasteiger partial charge in [-0.1, -0.05) is 29.4 Å². The summed E-state index contributed by atoms with van der Waals surface area (Å²) in [5, 5.41) is 9.84. The predicted molar refractivity (Wildman–Crippen MR) is 76.1 cm³/mol. The van der Waals surface area contributed by atoms with Crippen molar-refractivity contribution in [2.45, 2.75) is 0 Å². The number of carbonyl (C=O) groups is 2. The third-order valence-corrected chi connectivity index (χ3v) is 3.85. The van der Waals surface area contributed by atoms with E-state index >= 15 is 0 Å². The number of esters is 1. The van der Waals surface area contributed by atoms with Crippen molar-refractivity contribution in [2.24, 2.45) is 0 Å². The zero-order valence-electron chi connectivity index (χ0n) is 10.4. The maximum Gasteiger partial charge on any atom is 0.351 e. The lowest BCUT2D eigenvalue weighted by molar-refractivity contribution is -0.135. The molecule has 1 aromatic carbocycles. The third-order valence-electron chi connectivity index (χ3n) is 2.57. The molecule has 20 heavy (non-hydrogen) atoms. The van der Waals surface area contributed by atoms with E-state index in [9.17, 15) is 9.59 Å². The highest BCUT2D eigenvalue weighted by atomic mass is 35.5. The molecular formula is C13H9ClN2O3S. The molecule has 1 aromatic rings. The first-order valence-electron chi connectivity index (χ1n) is 5.52. The van der Waals surface area contributed by atoms with Gasteiger partial charge in [-0.25, -0.2) is 4.79 Å². The van der Waals surface area contributed by atoms with Crippen LogP contribution in [0, 0.1) is 11.3 Å². The van der Waals surface area contributed by atoms with Crippen LogP contribution in [0.3, 0.4) is 0 Å². The summed E-state index contributed by atoms with van der Waals surface area (Å²) in [4.78, 5) is 24.9. The van der Waals surface area contributed by atoms with Gasteiger partial charge in [0.25, 0.3) is 0 Å². The van der Waals surface area contributed by atoms with Gasteiger partial charge in [-0.15, -0.1) is 0 Å². The van der Waals surface area contributed by atoms with E-state index < -0.39 is 5.97 Å². The highest BCUT2D eigenvalue weighted by molar-refractivity contribution is 8.04. The van der Waals surface area contributed by atoms with Crippen LogP contribution in [0.2, 0.25) is 5.02 Å². The normalized spacial score (nSPS) is 16.9. The maximum absolute atomic E-state index is 12.0. The van der Waals surface area contributed by atoms with Crippen molar-refractivity contribution >= 4 is 40.9 Å². The average molecular weight is 309 g/mol. The molecule has 102 valence electrons. The van der Waals surface area contributed by atoms with Gasteiger partial charge in [-0.05, 0) is 18.2 Å². The number of benzene rings is 1. The van der Waals surface area contributed by atoms with Crippen molar-refractivity contribution in [1.29, 1.82) is 5.26 Å². The molecule has 1 heterocycles. The number of amides is 1. The molecule has 5 nitrogen and oxygen atoms in total. The number of halogens is 1. The van der Waals surface area contributed by atoms with E-state index in [0.717, 1.165) is 11.8 Å². The minimum atomic E-state index is -0.767. The summed E-state index contributed by atoms with van der Waals surface area (Å²) in [6, 6.07) is 8.43. The number of anilines is 1. The quantitative estimate of drug-likeness (QED) is 0.476. The van der Waals surface area contributed by atoms with Crippen molar-refractivity contribution in [3.8, 4) is 6.07 Å². The van der Waals surface area contributed by atoms with E-state index in [1.165, 1.54) is 12.0 Å². The number of carbonyl (C=O) groups excluding carboxylic acids is 2. The standard InChI is InChI=1S/C13H9ClN2O3S/c1-19-13(18)10(6-15)12-16(11(17)7-20-12)9-4-2-3-8(14)5-9/h2-5H,7H2,1H3/b12-10-. The summed E-state index contributed by atoms with van der Waals surface area (Å²) >= 11 is 7.03. The maximum atomic E-state index is 12.0. The Morgan fingerprint density at radius 2 is 2.30 bits per heavy atom. The zero-order valence-corrected chi connectivity index (χ0v) is 12.0. The molecule has 2 rings (SSSR count). The summed E-state index contributed by atoms with van der Waals surface area (Å²) in [6.45, 7) is 0. The van der Waals surface area contributed by atoms with Gasteiger partial charge in [0.1, 0.15) is 11.1 Å². The second-order valence-corrected chi connectivity index (χ2v) is 5.18. The summed E-state index contributed by atoms with van der Waals surface area (Å²) < 4.78 is 4.56. The number of nitrogens with zero attached hydrogens (tertiary/aromatic N) is 2. The number of nitriles is 1. The second kappa shape index (κ2) is 5.99. The number of methoxy groups -OCH3 is 1. The van der Waals surface area contributed by atoms with Gasteiger partial charge in [0.2, 0.25) is 5.91 Å². The first-order valence-corrected chi connectivity index (χ1v) is 6.89. The molecule has 0 aliphatic carbocycles. The summed E-state index contributed by atoms with van der Waals surface area (Å²) in [7, 11) is 1.19. The molecule has 0 aromatic heterocycles. The van der Waals surface area contributed by atoms with E-state index in [-0.39, 0.29) is 22.3 Å². The molecule has 1 aliphatic rings. The van der Waals surface area contributed by atoms with Gasteiger partial charge >= 0.3 is 5.97 Å². The number of thioether (sulfide) groups is 1. The third kappa shape index (κ3) is 2.64. The lowest BCUT2D eigenvalue weighted by Gasteiger charge is -2.18. The summed E-state index contributed by atoms with van der Waals surface area (Å²) in [5.74, 6) is -0.829. The largest absolute Gasteiger partial charge is 0.465 e. The summed E-state index contributed by atoms with van der Waals surface area (Å²) in [6.07, 6.45) is 0. The van der Waals surface area contributed by atoms with Crippen LogP contribution < -0.4 is 4.90 Å². The Bertz CT molecular complexity index is 651. The minimum absolute atomic E-state index is 0.157. The van der Waals surface area contributed by atoms with Gasteiger partial charge in [0.05, 0.1) is 18.6 Å². The molecule has 1 aliphatic heterocycles. The highest BCUT2D eigenvalue weighted by Gasteiger charge is 2.33. The molecule has 0 bridgehead atoms. The fraction of sp³-hybridized carbons (Fsp3) is 0.154. The van der Waals surface area contributed by atoms with Crippen LogP contribution in [0.5, 0.6) is 0 Å². The zero-order chi connectivity index (χ0) is 14.7. The summed E-state index contributed by atoms with van der Waals surface area (Å²) in [5.41, 5.74) is 0.322. The van der Waals surface area contributed by atoms with Crippen molar-refractivity contribution in [2.75, 3.05) is 17.8 Å². The lowest BCUT2D eigenvalue weighted by Crippen LogP contribution is -2.25. The van der Waals surface area contributed by atoms with E-state index in [0.29, 0.717) is 10.7 Å². The second-order valence-electron chi connectivity index (χ2n) is 3.78. The van der Waals surface area contributed by atoms with Gasteiger partial charge in [0, 0.05) is 5.02 Å². The Morgan fingerprint density at radius 1 is 1.55 bits per heavy atom. The van der Waals surface area contributed by atoms with Crippen molar-refractivity contribution < 1.29 is 14.3 Å². The smallest absolute Gasteiger partial charge is 0.351 e. The Kier molecular flexibility index (Phi) is 4.32. The van der Waals surface area contributed by atoms with Crippen LogP contribution in [-0.4, -0.2) is 24.7 Å². The van der Waals surface area contributed by atoms with Crippen LogP contribution >= 0.6 is 23.4 Å². The lowest BCUT2D eigenvalue weighted by atomic mass is 10.2. The minimum Gasteiger partial charge on any atom is -0.465 e. The monoisotopic (exact) mass is 308 g/mol. The van der Waals surface area contributed by atoms with Gasteiger partial charge in [-0.3, -0.25) is 9.69 Å². The fourth-order valence-electron chi connectivity index (χ4n) is 1.72. The van der Waals surface area contributed by atoms with E-state index in [2.05, 4.69) is 4.74 Å². The van der Waals surface area contributed by atoms with Crippen LogP contribution in [0.1, 0.15) is 0 Å². The van der Waals surface area contributed by atoms with E-state index in [4.69, 9.17) is 16.9 Å². The Labute approximate surface area is 124 Å². The fourth-order valence-corrected chi connectivity index (χ4v) is 2.90. The molecule has 1 amide bonds. The SMILES string of the molecule is COC(=O)/C(C#N)=C1\SCC(=O)N1c1cccc(Cl)c1. The molecule has 7 heteroatoms. The van der Waals surface area contributed by atoms with Gasteiger partial charge < -0.3 is 4.74 Å². The molecule has 0 unspecified atom stereocenters. The Hall–Kier alpha value is -1.97. The van der Waals surface area contributed by atoms with E-state index in [1.807, 2.05) is 0 Å². The van der Waals surface area contributed by atoms with Crippen molar-refractivity contribution in [3.63, 3.8) is 0 Å². The molecule has 0 atom stereocenters. The first-order chi connectivity index (χ1) is 9.58. The molecular weight excluding hydrogens is 300 g/mol. The number of hydrogen-bond acceptors (Lipinski definition) is 5. The average Bonchev–Trinajstić information content (AvgIpc) is 2.81.